The molecule has 0 saturated heterocycles. The number of hydrogen-bond donors (Lipinski definition) is 2. The number of nitrogens with one attached hydrogen (secondary N) is 2. The lowest BCUT2D eigenvalue weighted by Crippen LogP contribution is -2.18. The SMILES string of the molecule is CC(C)C(=O)Nc1ccc(C(=O)Nc2ccnn2Cc2ccccc2Br)cc1. The first-order chi connectivity index (χ1) is 13.4. The van der Waals surface area contributed by atoms with E-state index in [-0.39, 0.29) is 17.7 Å². The molecular weight excluding hydrogens is 420 g/mol. The molecule has 0 aliphatic heterocycles. The Hall–Kier alpha value is -2.93. The molecule has 0 atom stereocenters. The molecule has 0 aliphatic carbocycles. The average molecular weight is 441 g/mol. The molecule has 0 spiro atoms. The number of carbonyl (C=O) groups excluding carboxylic acids is 2. The molecule has 1 heterocycles. The molecular formula is C21H21BrN4O2. The van der Waals surface area contributed by atoms with Crippen molar-refractivity contribution in [3.63, 3.8) is 0 Å². The smallest absolute Gasteiger partial charge is 0.256 e. The molecule has 144 valence electrons. The summed E-state index contributed by atoms with van der Waals surface area (Å²) in [4.78, 5) is 24.3. The summed E-state index contributed by atoms with van der Waals surface area (Å²) in [7, 11) is 0. The van der Waals surface area contributed by atoms with Crippen molar-refractivity contribution < 1.29 is 9.59 Å². The molecule has 2 aromatic carbocycles. The highest BCUT2D eigenvalue weighted by Gasteiger charge is 2.12. The van der Waals surface area contributed by atoms with E-state index in [1.54, 1.807) is 41.2 Å². The number of nitrogens with zero attached hydrogens (tertiary/aromatic N) is 2. The van der Waals surface area contributed by atoms with Crippen LogP contribution in [0.15, 0.2) is 65.3 Å². The summed E-state index contributed by atoms with van der Waals surface area (Å²) in [6, 6.07) is 16.4. The third-order valence-electron chi connectivity index (χ3n) is 4.18. The topological polar surface area (TPSA) is 76.0 Å². The number of rotatable bonds is 6. The number of amides is 2. The zero-order valence-corrected chi connectivity index (χ0v) is 17.2. The highest BCUT2D eigenvalue weighted by Crippen LogP contribution is 2.19. The van der Waals surface area contributed by atoms with Crippen molar-refractivity contribution in [1.29, 1.82) is 0 Å². The fourth-order valence-electron chi connectivity index (χ4n) is 2.53. The Kier molecular flexibility index (Phi) is 6.26. The highest BCUT2D eigenvalue weighted by atomic mass is 79.9. The normalized spacial score (nSPS) is 10.7. The lowest BCUT2D eigenvalue weighted by Gasteiger charge is -2.11. The molecule has 6 nitrogen and oxygen atoms in total. The molecule has 1 aromatic heterocycles. The van der Waals surface area contributed by atoms with Gasteiger partial charge in [-0.2, -0.15) is 5.10 Å². The predicted molar refractivity (Wildman–Crippen MR) is 113 cm³/mol. The molecule has 2 amide bonds. The summed E-state index contributed by atoms with van der Waals surface area (Å²) in [6.45, 7) is 4.19. The molecule has 3 aromatic rings. The maximum atomic E-state index is 12.6. The van der Waals surface area contributed by atoms with Gasteiger partial charge in [-0.3, -0.25) is 9.59 Å². The van der Waals surface area contributed by atoms with Gasteiger partial charge in [0.05, 0.1) is 12.7 Å². The van der Waals surface area contributed by atoms with E-state index in [1.807, 2.05) is 38.1 Å². The maximum Gasteiger partial charge on any atom is 0.256 e. The van der Waals surface area contributed by atoms with Crippen LogP contribution in [0.3, 0.4) is 0 Å². The Morgan fingerprint density at radius 1 is 1.04 bits per heavy atom. The van der Waals surface area contributed by atoms with E-state index < -0.39 is 0 Å². The molecule has 0 fully saturated rings. The van der Waals surface area contributed by atoms with Crippen LogP contribution in [0.1, 0.15) is 29.8 Å². The van der Waals surface area contributed by atoms with Crippen molar-refractivity contribution in [3.05, 3.63) is 76.4 Å². The first-order valence-corrected chi connectivity index (χ1v) is 9.71. The van der Waals surface area contributed by atoms with Gasteiger partial charge in [-0.1, -0.05) is 48.0 Å². The van der Waals surface area contributed by atoms with Crippen molar-refractivity contribution in [2.75, 3.05) is 10.6 Å². The van der Waals surface area contributed by atoms with Crippen molar-refractivity contribution >= 4 is 39.2 Å². The van der Waals surface area contributed by atoms with Gasteiger partial charge in [-0.15, -0.1) is 0 Å². The largest absolute Gasteiger partial charge is 0.326 e. The Bertz CT molecular complexity index is 980. The summed E-state index contributed by atoms with van der Waals surface area (Å²) in [5, 5.41) is 9.99. The molecule has 28 heavy (non-hydrogen) atoms. The molecule has 0 radical (unpaired) electrons. The van der Waals surface area contributed by atoms with Crippen LogP contribution >= 0.6 is 15.9 Å². The minimum absolute atomic E-state index is 0.0619. The second-order valence-electron chi connectivity index (χ2n) is 6.64. The van der Waals surface area contributed by atoms with Crippen LogP contribution in [0.25, 0.3) is 0 Å². The molecule has 7 heteroatoms. The van der Waals surface area contributed by atoms with Crippen LogP contribution in [-0.4, -0.2) is 21.6 Å². The van der Waals surface area contributed by atoms with E-state index in [2.05, 4.69) is 31.7 Å². The zero-order chi connectivity index (χ0) is 20.1. The number of hydrogen-bond acceptors (Lipinski definition) is 3. The third-order valence-corrected chi connectivity index (χ3v) is 4.95. The second kappa shape index (κ2) is 8.84. The fourth-order valence-corrected chi connectivity index (χ4v) is 2.94. The number of benzene rings is 2. The molecule has 0 aliphatic rings. The highest BCUT2D eigenvalue weighted by molar-refractivity contribution is 9.10. The summed E-state index contributed by atoms with van der Waals surface area (Å²) < 4.78 is 2.72. The third kappa shape index (κ3) is 4.86. The minimum Gasteiger partial charge on any atom is -0.326 e. The first-order valence-electron chi connectivity index (χ1n) is 8.91. The van der Waals surface area contributed by atoms with Gasteiger partial charge >= 0.3 is 0 Å². The van der Waals surface area contributed by atoms with E-state index in [0.29, 0.717) is 23.6 Å². The van der Waals surface area contributed by atoms with E-state index in [1.165, 1.54) is 0 Å². The van der Waals surface area contributed by atoms with Gasteiger partial charge in [0.25, 0.3) is 5.91 Å². The van der Waals surface area contributed by atoms with Crippen LogP contribution in [0.4, 0.5) is 11.5 Å². The van der Waals surface area contributed by atoms with Gasteiger partial charge in [-0.25, -0.2) is 4.68 Å². The number of carbonyl (C=O) groups is 2. The lowest BCUT2D eigenvalue weighted by atomic mass is 10.1. The van der Waals surface area contributed by atoms with Gasteiger partial charge < -0.3 is 10.6 Å². The summed E-state index contributed by atoms with van der Waals surface area (Å²) in [5.41, 5.74) is 2.22. The maximum absolute atomic E-state index is 12.6. The zero-order valence-electron chi connectivity index (χ0n) is 15.6. The Morgan fingerprint density at radius 2 is 1.75 bits per heavy atom. The molecule has 3 rings (SSSR count). The molecule has 0 saturated carbocycles. The van der Waals surface area contributed by atoms with E-state index in [0.717, 1.165) is 10.0 Å². The van der Waals surface area contributed by atoms with Gasteiger partial charge in [0, 0.05) is 27.7 Å². The van der Waals surface area contributed by atoms with E-state index in [4.69, 9.17) is 0 Å². The second-order valence-corrected chi connectivity index (χ2v) is 7.50. The molecule has 0 bridgehead atoms. The van der Waals surface area contributed by atoms with Gasteiger partial charge in [0.15, 0.2) is 0 Å². The van der Waals surface area contributed by atoms with Crippen molar-refractivity contribution in [1.82, 2.24) is 9.78 Å². The van der Waals surface area contributed by atoms with Gasteiger partial charge in [0.1, 0.15) is 5.82 Å². The van der Waals surface area contributed by atoms with Crippen LogP contribution < -0.4 is 10.6 Å². The van der Waals surface area contributed by atoms with Crippen LogP contribution in [0, 0.1) is 5.92 Å². The number of halogens is 1. The van der Waals surface area contributed by atoms with Crippen LogP contribution in [-0.2, 0) is 11.3 Å². The lowest BCUT2D eigenvalue weighted by molar-refractivity contribution is -0.118. The van der Waals surface area contributed by atoms with Crippen LogP contribution in [0.5, 0.6) is 0 Å². The van der Waals surface area contributed by atoms with E-state index >= 15 is 0 Å². The monoisotopic (exact) mass is 440 g/mol. The van der Waals surface area contributed by atoms with Gasteiger partial charge in [0.2, 0.25) is 5.91 Å². The van der Waals surface area contributed by atoms with E-state index in [9.17, 15) is 9.59 Å². The Balaban J connectivity index is 1.68. The molecule has 2 N–H and O–H groups in total. The van der Waals surface area contributed by atoms with Crippen molar-refractivity contribution in [2.45, 2.75) is 20.4 Å². The Morgan fingerprint density at radius 3 is 2.43 bits per heavy atom. The van der Waals surface area contributed by atoms with Gasteiger partial charge in [-0.05, 0) is 35.9 Å². The number of aromatic nitrogens is 2. The quantitative estimate of drug-likeness (QED) is 0.590. The minimum atomic E-state index is -0.240. The number of anilines is 2. The average Bonchev–Trinajstić information content (AvgIpc) is 3.10. The standard InChI is InChI=1S/C21H21BrN4O2/c1-14(2)20(27)24-17-9-7-15(8-10-17)21(28)25-19-11-12-23-26(19)13-16-5-3-4-6-18(16)22/h3-12,14H,13H2,1-2H3,(H,24,27)(H,25,28). The summed E-state index contributed by atoms with van der Waals surface area (Å²) >= 11 is 3.53. The fraction of sp³-hybridized carbons (Fsp3) is 0.190. The summed E-state index contributed by atoms with van der Waals surface area (Å²) in [5.74, 6) is 0.203. The van der Waals surface area contributed by atoms with Crippen LogP contribution in [0.2, 0.25) is 0 Å². The van der Waals surface area contributed by atoms with Crippen molar-refractivity contribution in [3.8, 4) is 0 Å². The van der Waals surface area contributed by atoms with Crippen molar-refractivity contribution in [2.24, 2.45) is 5.92 Å². The molecule has 0 unspecified atom stereocenters. The first kappa shape index (κ1) is 19.8. The Labute approximate surface area is 172 Å². The summed E-state index contributed by atoms with van der Waals surface area (Å²) in [6.07, 6.45) is 1.65. The predicted octanol–water partition coefficient (Wildman–Crippen LogP) is 4.54.